The molecule has 5 heteroatoms. The fraction of sp³-hybridized carbons (Fsp3) is 0.909. The number of carbonyl (C=O) groups is 1. The summed E-state index contributed by atoms with van der Waals surface area (Å²) in [7, 11) is 5.43. The van der Waals surface area contributed by atoms with Gasteiger partial charge in [-0.15, -0.1) is 0 Å². The van der Waals surface area contributed by atoms with Gasteiger partial charge in [0.2, 0.25) is 0 Å². The van der Waals surface area contributed by atoms with Gasteiger partial charge in [-0.2, -0.15) is 0 Å². The van der Waals surface area contributed by atoms with Gasteiger partial charge in [0.1, 0.15) is 6.04 Å². The van der Waals surface area contributed by atoms with Crippen LogP contribution in [0, 0.1) is 0 Å². The summed E-state index contributed by atoms with van der Waals surface area (Å²) in [6.07, 6.45) is 1.06. The Morgan fingerprint density at radius 2 is 1.94 bits per heavy atom. The molecule has 0 aromatic heterocycles. The average Bonchev–Trinajstić information content (AvgIpc) is 2.24. The Labute approximate surface area is 98.5 Å². The Kier molecular flexibility index (Phi) is 8.15. The third kappa shape index (κ3) is 6.76. The summed E-state index contributed by atoms with van der Waals surface area (Å²) >= 11 is 0. The molecular formula is C11H25N3O2. The number of esters is 1. The van der Waals surface area contributed by atoms with Crippen molar-refractivity contribution in [2.75, 3.05) is 47.4 Å². The van der Waals surface area contributed by atoms with Gasteiger partial charge in [0.05, 0.1) is 7.11 Å². The van der Waals surface area contributed by atoms with Crippen molar-refractivity contribution in [1.82, 2.24) is 9.80 Å². The number of hydrogen-bond donors (Lipinski definition) is 1. The Morgan fingerprint density at radius 3 is 2.38 bits per heavy atom. The van der Waals surface area contributed by atoms with E-state index in [1.807, 2.05) is 14.1 Å². The fourth-order valence-corrected chi connectivity index (χ4v) is 1.46. The lowest BCUT2D eigenvalue weighted by Crippen LogP contribution is -2.45. The predicted octanol–water partition coefficient (Wildman–Crippen LogP) is -0.240. The third-order valence-corrected chi connectivity index (χ3v) is 2.36. The lowest BCUT2D eigenvalue weighted by Gasteiger charge is -2.25. The lowest BCUT2D eigenvalue weighted by molar-refractivity contribution is -0.142. The minimum atomic E-state index is -0.543. The summed E-state index contributed by atoms with van der Waals surface area (Å²) in [6.45, 7) is 5.53. The molecule has 2 N–H and O–H groups in total. The lowest BCUT2D eigenvalue weighted by atomic mass is 10.2. The molecular weight excluding hydrogens is 206 g/mol. The maximum atomic E-state index is 11.2. The summed E-state index contributed by atoms with van der Waals surface area (Å²) in [5.41, 5.74) is 5.74. The molecule has 0 aromatic carbocycles. The van der Waals surface area contributed by atoms with Crippen molar-refractivity contribution in [3.63, 3.8) is 0 Å². The zero-order valence-corrected chi connectivity index (χ0v) is 10.9. The van der Waals surface area contributed by atoms with E-state index in [0.717, 1.165) is 26.1 Å². The van der Waals surface area contributed by atoms with Gasteiger partial charge in [-0.25, -0.2) is 0 Å². The van der Waals surface area contributed by atoms with Crippen molar-refractivity contribution < 1.29 is 9.53 Å². The zero-order valence-electron chi connectivity index (χ0n) is 10.9. The first-order chi connectivity index (χ1) is 7.51. The van der Waals surface area contributed by atoms with Gasteiger partial charge >= 0.3 is 5.97 Å². The second-order valence-electron chi connectivity index (χ2n) is 4.23. The van der Waals surface area contributed by atoms with Gasteiger partial charge in [0, 0.05) is 19.6 Å². The number of nitrogens with zero attached hydrogens (tertiary/aromatic N) is 2. The largest absolute Gasteiger partial charge is 0.468 e. The quantitative estimate of drug-likeness (QED) is 0.584. The number of rotatable bonds is 8. The van der Waals surface area contributed by atoms with E-state index in [2.05, 4.69) is 21.5 Å². The molecule has 0 saturated heterocycles. The Bertz CT molecular complexity index is 198. The molecule has 0 saturated carbocycles. The van der Waals surface area contributed by atoms with Crippen LogP contribution in [0.3, 0.4) is 0 Å². The zero-order chi connectivity index (χ0) is 12.6. The fourth-order valence-electron chi connectivity index (χ4n) is 1.46. The summed E-state index contributed by atoms with van der Waals surface area (Å²) in [5.74, 6) is -0.342. The summed E-state index contributed by atoms with van der Waals surface area (Å²) in [5, 5.41) is 0. The molecule has 5 nitrogen and oxygen atoms in total. The Morgan fingerprint density at radius 1 is 1.31 bits per heavy atom. The number of hydrogen-bond acceptors (Lipinski definition) is 5. The number of ether oxygens (including phenoxy) is 1. The average molecular weight is 231 g/mol. The molecule has 0 rings (SSSR count). The summed E-state index contributed by atoms with van der Waals surface area (Å²) in [4.78, 5) is 15.5. The molecule has 0 fully saturated rings. The van der Waals surface area contributed by atoms with E-state index in [0.29, 0.717) is 6.54 Å². The van der Waals surface area contributed by atoms with Crippen LogP contribution in [0.5, 0.6) is 0 Å². The van der Waals surface area contributed by atoms with Crippen LogP contribution in [-0.4, -0.2) is 69.2 Å². The highest BCUT2D eigenvalue weighted by Crippen LogP contribution is 1.96. The van der Waals surface area contributed by atoms with Gasteiger partial charge in [0.25, 0.3) is 0 Å². The number of likely N-dealkylation sites (N-methyl/N-ethyl adjacent to an activating group) is 1. The molecule has 0 aliphatic carbocycles. The van der Waals surface area contributed by atoms with Crippen LogP contribution >= 0.6 is 0 Å². The molecule has 0 spiro atoms. The molecule has 0 amide bonds. The van der Waals surface area contributed by atoms with Crippen LogP contribution in [0.15, 0.2) is 0 Å². The second kappa shape index (κ2) is 8.50. The smallest absolute Gasteiger partial charge is 0.323 e. The van der Waals surface area contributed by atoms with Crippen LogP contribution in [0.1, 0.15) is 13.3 Å². The van der Waals surface area contributed by atoms with Crippen molar-refractivity contribution in [1.29, 1.82) is 0 Å². The maximum absolute atomic E-state index is 11.2. The highest BCUT2D eigenvalue weighted by molar-refractivity contribution is 5.75. The van der Waals surface area contributed by atoms with E-state index in [4.69, 9.17) is 5.73 Å². The molecule has 1 unspecified atom stereocenters. The van der Waals surface area contributed by atoms with E-state index in [1.165, 1.54) is 7.11 Å². The van der Waals surface area contributed by atoms with Crippen molar-refractivity contribution >= 4 is 5.97 Å². The number of nitrogens with two attached hydrogens (primary N) is 1. The Balaban J connectivity index is 4.05. The van der Waals surface area contributed by atoms with Gasteiger partial charge in [-0.1, -0.05) is 6.92 Å². The minimum absolute atomic E-state index is 0.342. The Hall–Kier alpha value is -0.650. The van der Waals surface area contributed by atoms with Crippen molar-refractivity contribution in [2.45, 2.75) is 19.4 Å². The van der Waals surface area contributed by atoms with Crippen LogP contribution in [0.2, 0.25) is 0 Å². The van der Waals surface area contributed by atoms with Crippen LogP contribution in [0.4, 0.5) is 0 Å². The SMILES string of the molecule is CCCN(CCN(C)C)CC(N)C(=O)OC. The van der Waals surface area contributed by atoms with E-state index in [-0.39, 0.29) is 5.97 Å². The molecule has 0 aliphatic heterocycles. The van der Waals surface area contributed by atoms with Gasteiger partial charge in [-0.05, 0) is 27.1 Å². The molecule has 0 aromatic rings. The van der Waals surface area contributed by atoms with E-state index in [9.17, 15) is 4.79 Å². The second-order valence-corrected chi connectivity index (χ2v) is 4.23. The molecule has 96 valence electrons. The van der Waals surface area contributed by atoms with Crippen LogP contribution < -0.4 is 5.73 Å². The minimum Gasteiger partial charge on any atom is -0.468 e. The first-order valence-corrected chi connectivity index (χ1v) is 5.71. The highest BCUT2D eigenvalue weighted by Gasteiger charge is 2.17. The first kappa shape index (κ1) is 15.3. The van der Waals surface area contributed by atoms with Crippen molar-refractivity contribution in [2.24, 2.45) is 5.73 Å². The van der Waals surface area contributed by atoms with Crippen molar-refractivity contribution in [3.05, 3.63) is 0 Å². The molecule has 16 heavy (non-hydrogen) atoms. The first-order valence-electron chi connectivity index (χ1n) is 5.71. The summed E-state index contributed by atoms with van der Waals surface area (Å²) in [6, 6.07) is -0.543. The molecule has 0 bridgehead atoms. The van der Waals surface area contributed by atoms with Crippen LogP contribution in [0.25, 0.3) is 0 Å². The van der Waals surface area contributed by atoms with E-state index < -0.39 is 6.04 Å². The molecule has 0 heterocycles. The standard InChI is InChI=1S/C11H25N3O2/c1-5-6-14(8-7-13(2)3)9-10(12)11(15)16-4/h10H,5-9,12H2,1-4H3. The third-order valence-electron chi connectivity index (χ3n) is 2.36. The normalized spacial score (nSPS) is 13.2. The van der Waals surface area contributed by atoms with E-state index >= 15 is 0 Å². The number of methoxy groups -OCH3 is 1. The molecule has 1 atom stereocenters. The summed E-state index contributed by atoms with van der Waals surface area (Å²) < 4.78 is 4.62. The van der Waals surface area contributed by atoms with Gasteiger partial charge in [0.15, 0.2) is 0 Å². The van der Waals surface area contributed by atoms with Gasteiger partial charge in [-0.3, -0.25) is 9.69 Å². The molecule has 0 radical (unpaired) electrons. The predicted molar refractivity (Wildman–Crippen MR) is 65.3 cm³/mol. The van der Waals surface area contributed by atoms with E-state index in [1.54, 1.807) is 0 Å². The van der Waals surface area contributed by atoms with Crippen LogP contribution in [-0.2, 0) is 9.53 Å². The molecule has 0 aliphatic rings. The van der Waals surface area contributed by atoms with Crippen molar-refractivity contribution in [3.8, 4) is 0 Å². The maximum Gasteiger partial charge on any atom is 0.323 e. The number of carbonyl (C=O) groups excluding carboxylic acids is 1. The van der Waals surface area contributed by atoms with Gasteiger partial charge < -0.3 is 15.4 Å². The topological polar surface area (TPSA) is 58.8 Å². The highest BCUT2D eigenvalue weighted by atomic mass is 16.5. The monoisotopic (exact) mass is 231 g/mol.